The minimum atomic E-state index is -0.762. The van der Waals surface area contributed by atoms with Crippen LogP contribution in [0, 0.1) is 0 Å². The zero-order valence-corrected chi connectivity index (χ0v) is 22.8. The fourth-order valence-corrected chi connectivity index (χ4v) is 5.59. The van der Waals surface area contributed by atoms with Gasteiger partial charge in [0.05, 0.1) is 11.6 Å². The molecular weight excluding hydrogens is 514 g/mol. The Morgan fingerprint density at radius 2 is 1.63 bits per heavy atom. The van der Waals surface area contributed by atoms with Crippen LogP contribution in [0.5, 0.6) is 11.5 Å². The first-order valence-electron chi connectivity index (χ1n) is 13.9. The SMILES string of the molecule is C[C@@H]1Cc2cc(/C(O)=C3\C(=O)C(=O)N(CCc4ccccc4)[C@@H]3c3cccc(OCc4ccccc4)c3)ccc2O1. The van der Waals surface area contributed by atoms with Gasteiger partial charge in [-0.1, -0.05) is 72.8 Å². The van der Waals surface area contributed by atoms with Crippen LogP contribution in [-0.4, -0.2) is 34.3 Å². The number of Topliss-reactive ketones (excluding diaryl/α,β-unsaturated/α-hetero) is 1. The molecule has 0 radical (unpaired) electrons. The molecule has 1 amide bonds. The Morgan fingerprint density at radius 1 is 0.902 bits per heavy atom. The third kappa shape index (κ3) is 5.46. The lowest BCUT2D eigenvalue weighted by Crippen LogP contribution is -2.31. The standard InChI is InChI=1S/C35H31NO5/c1-23-19-28-20-27(15-16-30(28)41-23)33(37)31-32(36(35(39)34(31)38)18-17-24-9-4-2-5-10-24)26-13-8-14-29(21-26)40-22-25-11-6-3-7-12-25/h2-16,20-21,23,32,37H,17-19,22H2,1H3/b33-31+/t23-,32-/m1/s1. The number of benzene rings is 4. The van der Waals surface area contributed by atoms with Crippen molar-refractivity contribution < 1.29 is 24.2 Å². The summed E-state index contributed by atoms with van der Waals surface area (Å²) in [6.45, 7) is 2.69. The maximum absolute atomic E-state index is 13.5. The number of aliphatic hydroxyl groups is 1. The average Bonchev–Trinajstić information content (AvgIpc) is 3.50. The number of likely N-dealkylation sites (tertiary alicyclic amines) is 1. The van der Waals surface area contributed by atoms with E-state index < -0.39 is 17.7 Å². The van der Waals surface area contributed by atoms with E-state index in [9.17, 15) is 14.7 Å². The zero-order chi connectivity index (χ0) is 28.3. The van der Waals surface area contributed by atoms with Gasteiger partial charge in [0.15, 0.2) is 0 Å². The van der Waals surface area contributed by atoms with Gasteiger partial charge in [-0.3, -0.25) is 9.59 Å². The highest BCUT2D eigenvalue weighted by atomic mass is 16.5. The third-order valence-electron chi connectivity index (χ3n) is 7.62. The number of carbonyl (C=O) groups excluding carboxylic acids is 2. The van der Waals surface area contributed by atoms with Gasteiger partial charge in [-0.15, -0.1) is 0 Å². The molecule has 1 fully saturated rings. The maximum Gasteiger partial charge on any atom is 0.295 e. The molecule has 2 atom stereocenters. The quantitative estimate of drug-likeness (QED) is 0.161. The number of carbonyl (C=O) groups is 2. The number of aliphatic hydroxyl groups excluding tert-OH is 1. The van der Waals surface area contributed by atoms with E-state index in [-0.39, 0.29) is 17.4 Å². The zero-order valence-electron chi connectivity index (χ0n) is 22.8. The molecule has 0 saturated carbocycles. The Labute approximate surface area is 239 Å². The molecule has 41 heavy (non-hydrogen) atoms. The first-order chi connectivity index (χ1) is 20.0. The first-order valence-corrected chi connectivity index (χ1v) is 13.9. The van der Waals surface area contributed by atoms with E-state index in [1.165, 1.54) is 0 Å². The van der Waals surface area contributed by atoms with Crippen molar-refractivity contribution in [1.82, 2.24) is 4.90 Å². The molecule has 6 rings (SSSR count). The van der Waals surface area contributed by atoms with Gasteiger partial charge in [-0.05, 0) is 65.9 Å². The Kier molecular flexibility index (Phi) is 7.30. The predicted octanol–water partition coefficient (Wildman–Crippen LogP) is 6.25. The van der Waals surface area contributed by atoms with E-state index in [2.05, 4.69) is 0 Å². The van der Waals surface area contributed by atoms with Crippen LogP contribution in [-0.2, 0) is 29.0 Å². The number of hydrogen-bond donors (Lipinski definition) is 1. The van der Waals surface area contributed by atoms with E-state index in [4.69, 9.17) is 9.47 Å². The molecule has 0 aromatic heterocycles. The largest absolute Gasteiger partial charge is 0.507 e. The number of fused-ring (bicyclic) bond motifs is 1. The van der Waals surface area contributed by atoms with Crippen LogP contribution in [0.25, 0.3) is 5.76 Å². The molecule has 1 saturated heterocycles. The van der Waals surface area contributed by atoms with Gasteiger partial charge in [0.2, 0.25) is 0 Å². The molecule has 2 heterocycles. The van der Waals surface area contributed by atoms with Gasteiger partial charge in [0.25, 0.3) is 11.7 Å². The fourth-order valence-electron chi connectivity index (χ4n) is 5.59. The molecule has 0 unspecified atom stereocenters. The van der Waals surface area contributed by atoms with Crippen molar-refractivity contribution >= 4 is 17.4 Å². The summed E-state index contributed by atoms with van der Waals surface area (Å²) in [4.78, 5) is 28.6. The Balaban J connectivity index is 1.38. The first kappa shape index (κ1) is 26.4. The number of amides is 1. The Bertz CT molecular complexity index is 1610. The minimum Gasteiger partial charge on any atom is -0.507 e. The van der Waals surface area contributed by atoms with Gasteiger partial charge in [0, 0.05) is 18.5 Å². The normalized spacial score (nSPS) is 19.2. The second-order valence-electron chi connectivity index (χ2n) is 10.5. The fraction of sp³-hybridized carbons (Fsp3) is 0.200. The molecule has 6 nitrogen and oxygen atoms in total. The van der Waals surface area contributed by atoms with Gasteiger partial charge in [-0.25, -0.2) is 0 Å². The molecular formula is C35H31NO5. The molecule has 2 aliphatic heterocycles. The van der Waals surface area contributed by atoms with Crippen LogP contribution in [0.3, 0.4) is 0 Å². The lowest BCUT2D eigenvalue weighted by atomic mass is 9.94. The number of nitrogens with zero attached hydrogens (tertiary/aromatic N) is 1. The summed E-state index contributed by atoms with van der Waals surface area (Å²) in [7, 11) is 0. The van der Waals surface area contributed by atoms with E-state index >= 15 is 0 Å². The van der Waals surface area contributed by atoms with Crippen molar-refractivity contribution in [1.29, 1.82) is 0 Å². The minimum absolute atomic E-state index is 0.0459. The molecule has 0 bridgehead atoms. The van der Waals surface area contributed by atoms with Gasteiger partial charge in [0.1, 0.15) is 30.0 Å². The van der Waals surface area contributed by atoms with Crippen molar-refractivity contribution in [3.63, 3.8) is 0 Å². The van der Waals surface area contributed by atoms with Crippen LogP contribution in [0.4, 0.5) is 0 Å². The highest BCUT2D eigenvalue weighted by Gasteiger charge is 2.46. The van der Waals surface area contributed by atoms with E-state index in [0.29, 0.717) is 42.9 Å². The molecule has 206 valence electrons. The maximum atomic E-state index is 13.5. The number of ether oxygens (including phenoxy) is 2. The Hall–Kier alpha value is -4.84. The van der Waals surface area contributed by atoms with E-state index in [0.717, 1.165) is 22.4 Å². The van der Waals surface area contributed by atoms with Crippen LogP contribution in [0.15, 0.2) is 109 Å². The molecule has 4 aromatic carbocycles. The second kappa shape index (κ2) is 11.3. The van der Waals surface area contributed by atoms with E-state index in [1.54, 1.807) is 11.0 Å². The number of hydrogen-bond acceptors (Lipinski definition) is 5. The molecule has 0 aliphatic carbocycles. The number of ketones is 1. The monoisotopic (exact) mass is 545 g/mol. The highest BCUT2D eigenvalue weighted by molar-refractivity contribution is 6.46. The van der Waals surface area contributed by atoms with Gasteiger partial charge in [-0.2, -0.15) is 0 Å². The second-order valence-corrected chi connectivity index (χ2v) is 10.5. The third-order valence-corrected chi connectivity index (χ3v) is 7.62. The lowest BCUT2D eigenvalue weighted by Gasteiger charge is -2.26. The molecule has 6 heteroatoms. The highest BCUT2D eigenvalue weighted by Crippen LogP contribution is 2.41. The van der Waals surface area contributed by atoms with Crippen LogP contribution < -0.4 is 9.47 Å². The summed E-state index contributed by atoms with van der Waals surface area (Å²) in [6, 6.07) is 31.7. The van der Waals surface area contributed by atoms with Crippen LogP contribution in [0.1, 0.15) is 40.8 Å². The van der Waals surface area contributed by atoms with Crippen molar-refractivity contribution in [3.05, 3.63) is 137 Å². The summed E-state index contributed by atoms with van der Waals surface area (Å²) in [6.07, 6.45) is 1.33. The van der Waals surface area contributed by atoms with Crippen molar-refractivity contribution in [2.24, 2.45) is 0 Å². The van der Waals surface area contributed by atoms with Crippen molar-refractivity contribution in [2.45, 2.75) is 38.5 Å². The van der Waals surface area contributed by atoms with E-state index in [1.807, 2.05) is 104 Å². The molecule has 2 aliphatic rings. The summed E-state index contributed by atoms with van der Waals surface area (Å²) >= 11 is 0. The Morgan fingerprint density at radius 3 is 2.39 bits per heavy atom. The average molecular weight is 546 g/mol. The smallest absolute Gasteiger partial charge is 0.295 e. The van der Waals surface area contributed by atoms with Crippen LogP contribution in [0.2, 0.25) is 0 Å². The lowest BCUT2D eigenvalue weighted by molar-refractivity contribution is -0.139. The van der Waals surface area contributed by atoms with Gasteiger partial charge < -0.3 is 19.5 Å². The molecule has 4 aromatic rings. The van der Waals surface area contributed by atoms with Crippen molar-refractivity contribution in [3.8, 4) is 11.5 Å². The van der Waals surface area contributed by atoms with Crippen LogP contribution >= 0.6 is 0 Å². The molecule has 1 N–H and O–H groups in total. The predicted molar refractivity (Wildman–Crippen MR) is 157 cm³/mol. The summed E-state index contributed by atoms with van der Waals surface area (Å²) in [5, 5.41) is 11.6. The summed E-state index contributed by atoms with van der Waals surface area (Å²) in [5.41, 5.74) is 4.32. The van der Waals surface area contributed by atoms with Gasteiger partial charge >= 0.3 is 0 Å². The summed E-state index contributed by atoms with van der Waals surface area (Å²) in [5.74, 6) is -0.114. The molecule has 0 spiro atoms. The number of rotatable bonds is 8. The summed E-state index contributed by atoms with van der Waals surface area (Å²) < 4.78 is 11.9. The van der Waals surface area contributed by atoms with Crippen molar-refractivity contribution in [2.75, 3.05) is 6.54 Å². The topological polar surface area (TPSA) is 76.1 Å².